The van der Waals surface area contributed by atoms with Gasteiger partial charge in [-0.3, -0.25) is 4.79 Å². The van der Waals surface area contributed by atoms with Crippen LogP contribution in [-0.4, -0.2) is 20.5 Å². The predicted molar refractivity (Wildman–Crippen MR) is 55.8 cm³/mol. The minimum Gasteiger partial charge on any atom is -0.481 e. The first kappa shape index (κ1) is 9.71. The summed E-state index contributed by atoms with van der Waals surface area (Å²) >= 11 is 0. The van der Waals surface area contributed by atoms with Gasteiger partial charge in [0.25, 0.3) is 0 Å². The third-order valence-corrected chi connectivity index (χ3v) is 2.31. The lowest BCUT2D eigenvalue weighted by Crippen LogP contribution is -1.96. The highest BCUT2D eigenvalue weighted by Gasteiger charge is 1.99. The van der Waals surface area contributed by atoms with Gasteiger partial charge in [0.2, 0.25) is 0 Å². The summed E-state index contributed by atoms with van der Waals surface area (Å²) in [5.41, 5.74) is 2.05. The van der Waals surface area contributed by atoms with E-state index in [-0.39, 0.29) is 6.42 Å². The number of aryl methyl sites for hydroxylation is 1. The van der Waals surface area contributed by atoms with Gasteiger partial charge in [-0.2, -0.15) is 0 Å². The standard InChI is InChI=1S/C11H12N2O2/c14-11(15)3-1-2-9-4-5-10-12-6-7-13(10)8-9/h4-8H,1-3H2,(H,14,15). The number of rotatable bonds is 4. The number of aliphatic carboxylic acids is 1. The molecular formula is C11H12N2O2. The van der Waals surface area contributed by atoms with Crippen LogP contribution in [0.15, 0.2) is 30.7 Å². The molecule has 0 saturated carbocycles. The largest absolute Gasteiger partial charge is 0.481 e. The molecule has 0 aliphatic carbocycles. The van der Waals surface area contributed by atoms with Crippen LogP contribution >= 0.6 is 0 Å². The monoisotopic (exact) mass is 204 g/mol. The number of carbonyl (C=O) groups is 1. The van der Waals surface area contributed by atoms with Gasteiger partial charge in [0.15, 0.2) is 0 Å². The Labute approximate surface area is 87.2 Å². The van der Waals surface area contributed by atoms with Crippen LogP contribution in [0.3, 0.4) is 0 Å². The quantitative estimate of drug-likeness (QED) is 0.825. The minimum absolute atomic E-state index is 0.224. The first-order chi connectivity index (χ1) is 7.25. The summed E-state index contributed by atoms with van der Waals surface area (Å²) in [4.78, 5) is 14.5. The molecule has 2 aromatic rings. The lowest BCUT2D eigenvalue weighted by atomic mass is 10.1. The van der Waals surface area contributed by atoms with E-state index in [1.165, 1.54) is 0 Å². The Kier molecular flexibility index (Phi) is 2.67. The lowest BCUT2D eigenvalue weighted by Gasteiger charge is -2.00. The van der Waals surface area contributed by atoms with Gasteiger partial charge in [-0.05, 0) is 24.5 Å². The van der Waals surface area contributed by atoms with E-state index in [0.717, 1.165) is 17.6 Å². The fourth-order valence-corrected chi connectivity index (χ4v) is 1.56. The Balaban J connectivity index is 2.04. The van der Waals surface area contributed by atoms with Gasteiger partial charge in [0.1, 0.15) is 5.65 Å². The molecule has 0 bridgehead atoms. The highest BCUT2D eigenvalue weighted by molar-refractivity contribution is 5.66. The molecule has 0 aromatic carbocycles. The van der Waals surface area contributed by atoms with E-state index >= 15 is 0 Å². The van der Waals surface area contributed by atoms with Crippen molar-refractivity contribution in [2.75, 3.05) is 0 Å². The fourth-order valence-electron chi connectivity index (χ4n) is 1.56. The zero-order chi connectivity index (χ0) is 10.7. The van der Waals surface area contributed by atoms with Crippen molar-refractivity contribution in [1.82, 2.24) is 9.38 Å². The molecule has 78 valence electrons. The molecule has 0 saturated heterocycles. The van der Waals surface area contributed by atoms with E-state index in [1.54, 1.807) is 6.20 Å². The molecule has 2 aromatic heterocycles. The Bertz CT molecular complexity index is 476. The van der Waals surface area contributed by atoms with Crippen LogP contribution in [0.2, 0.25) is 0 Å². The Hall–Kier alpha value is -1.84. The van der Waals surface area contributed by atoms with Crippen molar-refractivity contribution < 1.29 is 9.90 Å². The molecule has 0 radical (unpaired) electrons. The van der Waals surface area contributed by atoms with Crippen LogP contribution in [0.4, 0.5) is 0 Å². The van der Waals surface area contributed by atoms with Gasteiger partial charge in [0, 0.05) is 25.0 Å². The second-order valence-corrected chi connectivity index (χ2v) is 3.48. The third-order valence-electron chi connectivity index (χ3n) is 2.31. The Morgan fingerprint density at radius 2 is 2.33 bits per heavy atom. The SMILES string of the molecule is O=C(O)CCCc1ccc2nccn2c1. The minimum atomic E-state index is -0.737. The molecule has 0 fully saturated rings. The van der Waals surface area contributed by atoms with Crippen LogP contribution in [-0.2, 0) is 11.2 Å². The predicted octanol–water partition coefficient (Wildman–Crippen LogP) is 1.74. The smallest absolute Gasteiger partial charge is 0.303 e. The van der Waals surface area contributed by atoms with Crippen LogP contribution in [0, 0.1) is 0 Å². The lowest BCUT2D eigenvalue weighted by molar-refractivity contribution is -0.137. The zero-order valence-electron chi connectivity index (χ0n) is 8.26. The fraction of sp³-hybridized carbons (Fsp3) is 0.273. The van der Waals surface area contributed by atoms with Gasteiger partial charge in [-0.25, -0.2) is 4.98 Å². The molecule has 0 atom stereocenters. The molecule has 1 N–H and O–H groups in total. The maximum Gasteiger partial charge on any atom is 0.303 e. The van der Waals surface area contributed by atoms with E-state index < -0.39 is 5.97 Å². The van der Waals surface area contributed by atoms with Gasteiger partial charge in [0.05, 0.1) is 0 Å². The summed E-state index contributed by atoms with van der Waals surface area (Å²) in [6, 6.07) is 3.93. The summed E-state index contributed by atoms with van der Waals surface area (Å²) in [7, 11) is 0. The molecule has 4 nitrogen and oxygen atoms in total. The molecule has 2 heterocycles. The maximum atomic E-state index is 10.3. The zero-order valence-corrected chi connectivity index (χ0v) is 8.26. The van der Waals surface area contributed by atoms with Crippen molar-refractivity contribution >= 4 is 11.6 Å². The van der Waals surface area contributed by atoms with Gasteiger partial charge in [-0.15, -0.1) is 0 Å². The number of fused-ring (bicyclic) bond motifs is 1. The molecular weight excluding hydrogens is 192 g/mol. The Morgan fingerprint density at radius 1 is 1.47 bits per heavy atom. The molecule has 2 rings (SSSR count). The number of imidazole rings is 1. The molecule has 15 heavy (non-hydrogen) atoms. The summed E-state index contributed by atoms with van der Waals surface area (Å²) in [5.74, 6) is -0.737. The van der Waals surface area contributed by atoms with Gasteiger partial charge in [-0.1, -0.05) is 6.07 Å². The van der Waals surface area contributed by atoms with Crippen molar-refractivity contribution in [2.45, 2.75) is 19.3 Å². The van der Waals surface area contributed by atoms with Crippen molar-refractivity contribution in [1.29, 1.82) is 0 Å². The number of aromatic nitrogens is 2. The average Bonchev–Trinajstić information content (AvgIpc) is 2.64. The van der Waals surface area contributed by atoms with E-state index in [1.807, 2.05) is 28.9 Å². The van der Waals surface area contributed by atoms with E-state index in [0.29, 0.717) is 6.42 Å². The van der Waals surface area contributed by atoms with E-state index in [4.69, 9.17) is 5.11 Å². The number of carboxylic acids is 1. The summed E-state index contributed by atoms with van der Waals surface area (Å²) in [6.45, 7) is 0. The van der Waals surface area contributed by atoms with Crippen molar-refractivity contribution in [3.05, 3.63) is 36.3 Å². The maximum absolute atomic E-state index is 10.3. The Morgan fingerprint density at radius 3 is 3.13 bits per heavy atom. The average molecular weight is 204 g/mol. The first-order valence-electron chi connectivity index (χ1n) is 4.89. The highest BCUT2D eigenvalue weighted by Crippen LogP contribution is 2.08. The van der Waals surface area contributed by atoms with E-state index in [9.17, 15) is 4.79 Å². The van der Waals surface area contributed by atoms with Crippen LogP contribution < -0.4 is 0 Å². The number of carboxylic acid groups (broad SMARTS) is 1. The summed E-state index contributed by atoms with van der Waals surface area (Å²) in [6.07, 6.45) is 7.31. The molecule has 0 spiro atoms. The second kappa shape index (κ2) is 4.13. The van der Waals surface area contributed by atoms with E-state index in [2.05, 4.69) is 4.98 Å². The third kappa shape index (κ3) is 2.34. The molecule has 0 aliphatic heterocycles. The van der Waals surface area contributed by atoms with Crippen molar-refractivity contribution in [3.63, 3.8) is 0 Å². The number of hydrogen-bond acceptors (Lipinski definition) is 2. The van der Waals surface area contributed by atoms with Crippen LogP contribution in [0.25, 0.3) is 5.65 Å². The molecule has 0 unspecified atom stereocenters. The highest BCUT2D eigenvalue weighted by atomic mass is 16.4. The van der Waals surface area contributed by atoms with Crippen LogP contribution in [0.1, 0.15) is 18.4 Å². The number of nitrogens with zero attached hydrogens (tertiary/aromatic N) is 2. The summed E-state index contributed by atoms with van der Waals surface area (Å²) in [5, 5.41) is 8.51. The number of pyridine rings is 1. The molecule has 0 amide bonds. The second-order valence-electron chi connectivity index (χ2n) is 3.48. The molecule has 4 heteroatoms. The van der Waals surface area contributed by atoms with Crippen LogP contribution in [0.5, 0.6) is 0 Å². The topological polar surface area (TPSA) is 54.6 Å². The van der Waals surface area contributed by atoms with Crippen molar-refractivity contribution in [2.24, 2.45) is 0 Å². The first-order valence-corrected chi connectivity index (χ1v) is 4.89. The molecule has 0 aliphatic rings. The van der Waals surface area contributed by atoms with Crippen molar-refractivity contribution in [3.8, 4) is 0 Å². The van der Waals surface area contributed by atoms with Gasteiger partial charge >= 0.3 is 5.97 Å². The normalized spacial score (nSPS) is 10.7. The van der Waals surface area contributed by atoms with Gasteiger partial charge < -0.3 is 9.51 Å². The summed E-state index contributed by atoms with van der Waals surface area (Å²) < 4.78 is 1.94. The number of hydrogen-bond donors (Lipinski definition) is 1.